The summed E-state index contributed by atoms with van der Waals surface area (Å²) in [5, 5.41) is 8.92. The fourth-order valence-electron chi connectivity index (χ4n) is 1.92. The Labute approximate surface area is 67.6 Å². The van der Waals surface area contributed by atoms with Gasteiger partial charge in [0.05, 0.1) is 0 Å². The molecule has 2 nitrogen and oxygen atoms in total. The second-order valence-electron chi connectivity index (χ2n) is 3.70. The van der Waals surface area contributed by atoms with E-state index in [1.165, 1.54) is 0 Å². The molecule has 11 heavy (non-hydrogen) atoms. The molecule has 0 saturated heterocycles. The summed E-state index contributed by atoms with van der Waals surface area (Å²) in [4.78, 5) is 11.0. The van der Waals surface area contributed by atoms with Gasteiger partial charge in [-0.25, -0.2) is 0 Å². The van der Waals surface area contributed by atoms with Crippen LogP contribution in [0.1, 0.15) is 26.7 Å². The molecule has 0 amide bonds. The van der Waals surface area contributed by atoms with Gasteiger partial charge in [0.15, 0.2) is 0 Å². The maximum atomic E-state index is 11.0. The van der Waals surface area contributed by atoms with Crippen LogP contribution in [-0.4, -0.2) is 17.5 Å². The quantitative estimate of drug-likeness (QED) is 0.653. The van der Waals surface area contributed by atoms with Gasteiger partial charge < -0.3 is 5.11 Å². The molecule has 1 aliphatic rings. The van der Waals surface area contributed by atoms with Gasteiger partial charge in [0.1, 0.15) is 5.78 Å². The SMILES string of the molecule is CC(=O)C1CC(C)C(CO)C1. The number of hydrogen-bond donors (Lipinski definition) is 1. The molecule has 0 aromatic rings. The van der Waals surface area contributed by atoms with E-state index >= 15 is 0 Å². The minimum absolute atomic E-state index is 0.224. The predicted molar refractivity (Wildman–Crippen MR) is 43.1 cm³/mol. The zero-order valence-corrected chi connectivity index (χ0v) is 7.21. The number of aliphatic hydroxyl groups is 1. The Hall–Kier alpha value is -0.370. The van der Waals surface area contributed by atoms with Crippen LogP contribution in [0.15, 0.2) is 0 Å². The Morgan fingerprint density at radius 2 is 2.18 bits per heavy atom. The molecule has 3 unspecified atom stereocenters. The number of aliphatic hydroxyl groups excluding tert-OH is 1. The van der Waals surface area contributed by atoms with Gasteiger partial charge in [-0.05, 0) is 31.6 Å². The third kappa shape index (κ3) is 1.80. The van der Waals surface area contributed by atoms with Crippen LogP contribution in [0.4, 0.5) is 0 Å². The lowest BCUT2D eigenvalue weighted by Gasteiger charge is -2.09. The normalized spacial score (nSPS) is 37.5. The van der Waals surface area contributed by atoms with Crippen LogP contribution in [0.25, 0.3) is 0 Å². The number of carbonyl (C=O) groups is 1. The Balaban J connectivity index is 2.49. The van der Waals surface area contributed by atoms with E-state index in [4.69, 9.17) is 5.11 Å². The van der Waals surface area contributed by atoms with E-state index in [9.17, 15) is 4.79 Å². The highest BCUT2D eigenvalue weighted by atomic mass is 16.3. The Morgan fingerprint density at radius 1 is 1.55 bits per heavy atom. The van der Waals surface area contributed by atoms with E-state index in [1.807, 2.05) is 0 Å². The molecule has 0 aromatic carbocycles. The second-order valence-corrected chi connectivity index (χ2v) is 3.70. The van der Waals surface area contributed by atoms with E-state index in [0.717, 1.165) is 12.8 Å². The maximum Gasteiger partial charge on any atom is 0.132 e. The van der Waals surface area contributed by atoms with E-state index in [2.05, 4.69) is 6.92 Å². The van der Waals surface area contributed by atoms with Crippen molar-refractivity contribution in [2.45, 2.75) is 26.7 Å². The lowest BCUT2D eigenvalue weighted by molar-refractivity contribution is -0.120. The minimum atomic E-state index is 0.224. The minimum Gasteiger partial charge on any atom is -0.396 e. The Kier molecular flexibility index (Phi) is 2.66. The van der Waals surface area contributed by atoms with Crippen molar-refractivity contribution >= 4 is 5.78 Å². The monoisotopic (exact) mass is 156 g/mol. The molecule has 0 aliphatic heterocycles. The van der Waals surface area contributed by atoms with Gasteiger partial charge >= 0.3 is 0 Å². The average molecular weight is 156 g/mol. The van der Waals surface area contributed by atoms with Crippen molar-refractivity contribution in [3.8, 4) is 0 Å². The molecule has 0 aromatic heterocycles. The van der Waals surface area contributed by atoms with Crippen LogP contribution in [0.5, 0.6) is 0 Å². The van der Waals surface area contributed by atoms with Crippen LogP contribution >= 0.6 is 0 Å². The summed E-state index contributed by atoms with van der Waals surface area (Å²) < 4.78 is 0. The zero-order chi connectivity index (χ0) is 8.43. The summed E-state index contributed by atoms with van der Waals surface area (Å²) >= 11 is 0. The van der Waals surface area contributed by atoms with Crippen molar-refractivity contribution in [3.63, 3.8) is 0 Å². The molecule has 1 saturated carbocycles. The number of ketones is 1. The van der Waals surface area contributed by atoms with Crippen molar-refractivity contribution in [2.24, 2.45) is 17.8 Å². The number of hydrogen-bond acceptors (Lipinski definition) is 2. The molecule has 0 radical (unpaired) electrons. The van der Waals surface area contributed by atoms with Crippen molar-refractivity contribution in [1.29, 1.82) is 0 Å². The smallest absolute Gasteiger partial charge is 0.132 e. The molecule has 0 heterocycles. The summed E-state index contributed by atoms with van der Waals surface area (Å²) in [5.74, 6) is 1.40. The third-order valence-corrected chi connectivity index (χ3v) is 2.86. The highest BCUT2D eigenvalue weighted by molar-refractivity contribution is 5.78. The van der Waals surface area contributed by atoms with Gasteiger partial charge in [-0.15, -0.1) is 0 Å². The van der Waals surface area contributed by atoms with Gasteiger partial charge in [0.25, 0.3) is 0 Å². The van der Waals surface area contributed by atoms with Crippen molar-refractivity contribution < 1.29 is 9.90 Å². The van der Waals surface area contributed by atoms with E-state index < -0.39 is 0 Å². The Morgan fingerprint density at radius 3 is 2.45 bits per heavy atom. The van der Waals surface area contributed by atoms with Crippen LogP contribution < -0.4 is 0 Å². The van der Waals surface area contributed by atoms with Crippen LogP contribution in [0.3, 0.4) is 0 Å². The second kappa shape index (κ2) is 3.35. The molecule has 1 N–H and O–H groups in total. The third-order valence-electron chi connectivity index (χ3n) is 2.86. The first-order valence-corrected chi connectivity index (χ1v) is 4.26. The first kappa shape index (κ1) is 8.72. The molecule has 64 valence electrons. The molecule has 1 rings (SSSR count). The molecule has 0 spiro atoms. The summed E-state index contributed by atoms with van der Waals surface area (Å²) in [5.41, 5.74) is 0. The lowest BCUT2D eigenvalue weighted by Crippen LogP contribution is -2.09. The molecule has 1 aliphatic carbocycles. The first-order valence-electron chi connectivity index (χ1n) is 4.26. The maximum absolute atomic E-state index is 11.0. The summed E-state index contributed by atoms with van der Waals surface area (Å²) in [7, 11) is 0. The number of rotatable bonds is 2. The Bertz CT molecular complexity index is 154. The largest absolute Gasteiger partial charge is 0.396 e. The van der Waals surface area contributed by atoms with Crippen molar-refractivity contribution in [1.82, 2.24) is 0 Å². The highest BCUT2D eigenvalue weighted by Gasteiger charge is 2.32. The number of Topliss-reactive ketones (excluding diaryl/α,β-unsaturated/α-hetero) is 1. The molecule has 1 fully saturated rings. The van der Waals surface area contributed by atoms with Crippen molar-refractivity contribution in [2.75, 3.05) is 6.61 Å². The van der Waals surface area contributed by atoms with Gasteiger partial charge in [-0.2, -0.15) is 0 Å². The van der Waals surface area contributed by atoms with E-state index in [0.29, 0.717) is 11.8 Å². The van der Waals surface area contributed by atoms with E-state index in [-0.39, 0.29) is 18.3 Å². The molecular weight excluding hydrogens is 140 g/mol. The average Bonchev–Trinajstić information content (AvgIpc) is 2.31. The molecule has 0 bridgehead atoms. The topological polar surface area (TPSA) is 37.3 Å². The molecule has 2 heteroatoms. The molecular formula is C9H16O2. The van der Waals surface area contributed by atoms with Gasteiger partial charge in [0.2, 0.25) is 0 Å². The highest BCUT2D eigenvalue weighted by Crippen LogP contribution is 2.35. The van der Waals surface area contributed by atoms with Crippen LogP contribution in [0.2, 0.25) is 0 Å². The van der Waals surface area contributed by atoms with Gasteiger partial charge in [-0.1, -0.05) is 6.92 Å². The van der Waals surface area contributed by atoms with Crippen molar-refractivity contribution in [3.05, 3.63) is 0 Å². The predicted octanol–water partition coefficient (Wildman–Crippen LogP) is 1.23. The summed E-state index contributed by atoms with van der Waals surface area (Å²) in [6.07, 6.45) is 1.87. The van der Waals surface area contributed by atoms with E-state index in [1.54, 1.807) is 6.92 Å². The summed E-state index contributed by atoms with van der Waals surface area (Å²) in [6, 6.07) is 0. The zero-order valence-electron chi connectivity index (χ0n) is 7.21. The standard InChI is InChI=1S/C9H16O2/c1-6-3-8(7(2)11)4-9(6)5-10/h6,8-10H,3-5H2,1-2H3. The van der Waals surface area contributed by atoms with Gasteiger partial charge in [0, 0.05) is 12.5 Å². The number of carbonyl (C=O) groups excluding carboxylic acids is 1. The summed E-state index contributed by atoms with van der Waals surface area (Å²) in [6.45, 7) is 4.01. The first-order chi connectivity index (χ1) is 5.15. The fourth-order valence-corrected chi connectivity index (χ4v) is 1.92. The lowest BCUT2D eigenvalue weighted by atomic mass is 10.00. The van der Waals surface area contributed by atoms with Gasteiger partial charge in [-0.3, -0.25) is 4.79 Å². The fraction of sp³-hybridized carbons (Fsp3) is 0.889. The molecule has 3 atom stereocenters. The van der Waals surface area contributed by atoms with Crippen LogP contribution in [-0.2, 0) is 4.79 Å². The van der Waals surface area contributed by atoms with Crippen LogP contribution in [0, 0.1) is 17.8 Å².